The molecule has 1 saturated carbocycles. The Hall–Kier alpha value is -1.51. The highest BCUT2D eigenvalue weighted by molar-refractivity contribution is 14.0. The molecule has 0 spiro atoms. The van der Waals surface area contributed by atoms with Crippen LogP contribution in [0.15, 0.2) is 23.2 Å². The molecule has 0 radical (unpaired) electrons. The number of aliphatic imine (C=N–C) groups is 1. The standard InChI is InChI=1S/C21H34N4O2.HI/c1-16-8-9-18(27-5)17(14-16)10-13-23-20(22-2)24-15-21(11-6-7-12-21)19(26)25(3)4;/h8-9,14H,6-7,10-13,15H2,1-5H3,(H2,22,23,24);1H. The van der Waals surface area contributed by atoms with Gasteiger partial charge in [0.05, 0.1) is 12.5 Å². The zero-order chi connectivity index (χ0) is 19.9. The molecular weight excluding hydrogens is 467 g/mol. The second kappa shape index (κ2) is 11.5. The normalized spacial score (nSPS) is 15.5. The topological polar surface area (TPSA) is 66.0 Å². The first kappa shape index (κ1) is 24.5. The maximum atomic E-state index is 12.7. The number of hydrogen-bond donors (Lipinski definition) is 2. The predicted octanol–water partition coefficient (Wildman–Crippen LogP) is 2.98. The van der Waals surface area contributed by atoms with Crippen LogP contribution in [0, 0.1) is 12.3 Å². The molecule has 0 saturated heterocycles. The van der Waals surface area contributed by atoms with Gasteiger partial charge in [0.25, 0.3) is 0 Å². The van der Waals surface area contributed by atoms with E-state index in [1.54, 1.807) is 19.1 Å². The molecule has 2 rings (SSSR count). The van der Waals surface area contributed by atoms with Crippen molar-refractivity contribution in [2.24, 2.45) is 10.4 Å². The first-order chi connectivity index (χ1) is 12.9. The Morgan fingerprint density at radius 1 is 1.25 bits per heavy atom. The van der Waals surface area contributed by atoms with E-state index in [0.717, 1.165) is 50.4 Å². The number of guanidine groups is 1. The van der Waals surface area contributed by atoms with Crippen LogP contribution in [0.3, 0.4) is 0 Å². The number of ether oxygens (including phenoxy) is 1. The molecular formula is C21H35IN4O2. The highest BCUT2D eigenvalue weighted by Crippen LogP contribution is 2.38. The fourth-order valence-electron chi connectivity index (χ4n) is 3.88. The van der Waals surface area contributed by atoms with E-state index in [2.05, 4.69) is 34.7 Å². The average Bonchev–Trinajstić information content (AvgIpc) is 3.14. The zero-order valence-corrected chi connectivity index (χ0v) is 20.1. The van der Waals surface area contributed by atoms with Crippen LogP contribution in [0.2, 0.25) is 0 Å². The molecule has 6 nitrogen and oxygen atoms in total. The van der Waals surface area contributed by atoms with Crippen LogP contribution in [0.25, 0.3) is 0 Å². The minimum atomic E-state index is -0.305. The van der Waals surface area contributed by atoms with Gasteiger partial charge in [0, 0.05) is 34.2 Å². The highest BCUT2D eigenvalue weighted by Gasteiger charge is 2.42. The van der Waals surface area contributed by atoms with Crippen molar-refractivity contribution < 1.29 is 9.53 Å². The van der Waals surface area contributed by atoms with Crippen molar-refractivity contribution in [3.63, 3.8) is 0 Å². The van der Waals surface area contributed by atoms with E-state index in [1.807, 2.05) is 20.2 Å². The Morgan fingerprint density at radius 3 is 2.50 bits per heavy atom. The third kappa shape index (κ3) is 6.25. The van der Waals surface area contributed by atoms with E-state index >= 15 is 0 Å². The van der Waals surface area contributed by atoms with Gasteiger partial charge in [0.1, 0.15) is 5.75 Å². The summed E-state index contributed by atoms with van der Waals surface area (Å²) in [6, 6.07) is 6.22. The lowest BCUT2D eigenvalue weighted by atomic mass is 9.84. The van der Waals surface area contributed by atoms with E-state index in [-0.39, 0.29) is 35.3 Å². The average molecular weight is 502 g/mol. The van der Waals surface area contributed by atoms with Crippen molar-refractivity contribution in [2.75, 3.05) is 41.3 Å². The van der Waals surface area contributed by atoms with Crippen molar-refractivity contribution in [1.29, 1.82) is 0 Å². The number of carbonyl (C=O) groups is 1. The lowest BCUT2D eigenvalue weighted by Crippen LogP contribution is -2.49. The molecule has 158 valence electrons. The SMILES string of the molecule is CN=C(NCCc1cc(C)ccc1OC)NCC1(C(=O)N(C)C)CCCC1.I. The van der Waals surface area contributed by atoms with E-state index in [4.69, 9.17) is 4.74 Å². The summed E-state index contributed by atoms with van der Waals surface area (Å²) < 4.78 is 5.45. The van der Waals surface area contributed by atoms with Gasteiger partial charge in [-0.2, -0.15) is 0 Å². The van der Waals surface area contributed by atoms with Gasteiger partial charge in [-0.15, -0.1) is 24.0 Å². The fourth-order valence-corrected chi connectivity index (χ4v) is 3.88. The Morgan fingerprint density at radius 2 is 1.93 bits per heavy atom. The number of benzene rings is 1. The summed E-state index contributed by atoms with van der Waals surface area (Å²) in [5.74, 6) is 1.86. The molecule has 0 aliphatic heterocycles. The minimum Gasteiger partial charge on any atom is -0.496 e. The summed E-state index contributed by atoms with van der Waals surface area (Å²) in [6.45, 7) is 3.45. The maximum Gasteiger partial charge on any atom is 0.230 e. The van der Waals surface area contributed by atoms with Crippen molar-refractivity contribution >= 4 is 35.8 Å². The molecule has 0 bridgehead atoms. The molecule has 28 heavy (non-hydrogen) atoms. The van der Waals surface area contributed by atoms with Gasteiger partial charge >= 0.3 is 0 Å². The number of halogens is 1. The number of carbonyl (C=O) groups excluding carboxylic acids is 1. The summed E-state index contributed by atoms with van der Waals surface area (Å²) in [6.07, 6.45) is 4.94. The Bertz CT molecular complexity index is 670. The fraction of sp³-hybridized carbons (Fsp3) is 0.619. The quantitative estimate of drug-likeness (QED) is 0.342. The second-order valence-electron chi connectivity index (χ2n) is 7.60. The summed E-state index contributed by atoms with van der Waals surface area (Å²) in [5, 5.41) is 6.73. The van der Waals surface area contributed by atoms with Crippen LogP contribution < -0.4 is 15.4 Å². The molecule has 1 aliphatic carbocycles. The Kier molecular flexibility index (Phi) is 10.1. The first-order valence-corrected chi connectivity index (χ1v) is 9.71. The van der Waals surface area contributed by atoms with Crippen molar-refractivity contribution in [3.05, 3.63) is 29.3 Å². The summed E-state index contributed by atoms with van der Waals surface area (Å²) in [4.78, 5) is 18.7. The van der Waals surface area contributed by atoms with Crippen LogP contribution in [0.4, 0.5) is 0 Å². The number of rotatable bonds is 7. The van der Waals surface area contributed by atoms with Crippen LogP contribution >= 0.6 is 24.0 Å². The highest BCUT2D eigenvalue weighted by atomic mass is 127. The van der Waals surface area contributed by atoms with Crippen molar-refractivity contribution in [2.45, 2.75) is 39.0 Å². The molecule has 0 atom stereocenters. The van der Waals surface area contributed by atoms with Crippen LogP contribution in [-0.4, -0.2) is 58.1 Å². The Balaban J connectivity index is 0.00000392. The third-order valence-electron chi connectivity index (χ3n) is 5.36. The number of nitrogens with one attached hydrogen (secondary N) is 2. The summed E-state index contributed by atoms with van der Waals surface area (Å²) >= 11 is 0. The largest absolute Gasteiger partial charge is 0.496 e. The van der Waals surface area contributed by atoms with E-state index in [9.17, 15) is 4.79 Å². The first-order valence-electron chi connectivity index (χ1n) is 9.71. The third-order valence-corrected chi connectivity index (χ3v) is 5.36. The van der Waals surface area contributed by atoms with Crippen LogP contribution in [0.5, 0.6) is 5.75 Å². The molecule has 1 aromatic carbocycles. The smallest absolute Gasteiger partial charge is 0.230 e. The molecule has 2 N–H and O–H groups in total. The monoisotopic (exact) mass is 502 g/mol. The van der Waals surface area contributed by atoms with E-state index in [0.29, 0.717) is 6.54 Å². The molecule has 0 heterocycles. The summed E-state index contributed by atoms with van der Waals surface area (Å²) in [5.41, 5.74) is 2.09. The van der Waals surface area contributed by atoms with Gasteiger partial charge < -0.3 is 20.3 Å². The summed E-state index contributed by atoms with van der Waals surface area (Å²) in [7, 11) is 7.14. The van der Waals surface area contributed by atoms with Gasteiger partial charge in [0.2, 0.25) is 5.91 Å². The van der Waals surface area contributed by atoms with Gasteiger partial charge in [-0.1, -0.05) is 30.5 Å². The zero-order valence-electron chi connectivity index (χ0n) is 17.8. The van der Waals surface area contributed by atoms with Gasteiger partial charge in [-0.3, -0.25) is 9.79 Å². The molecule has 0 aromatic heterocycles. The van der Waals surface area contributed by atoms with Gasteiger partial charge in [-0.25, -0.2) is 0 Å². The van der Waals surface area contributed by atoms with Crippen molar-refractivity contribution in [1.82, 2.24) is 15.5 Å². The minimum absolute atomic E-state index is 0. The predicted molar refractivity (Wildman–Crippen MR) is 126 cm³/mol. The number of methoxy groups -OCH3 is 1. The molecule has 0 unspecified atom stereocenters. The Labute approximate surface area is 186 Å². The second-order valence-corrected chi connectivity index (χ2v) is 7.60. The lowest BCUT2D eigenvalue weighted by Gasteiger charge is -2.31. The van der Waals surface area contributed by atoms with E-state index < -0.39 is 0 Å². The lowest BCUT2D eigenvalue weighted by molar-refractivity contribution is -0.138. The number of nitrogens with zero attached hydrogens (tertiary/aromatic N) is 2. The molecule has 1 amide bonds. The van der Waals surface area contributed by atoms with E-state index in [1.165, 1.54) is 11.1 Å². The molecule has 1 fully saturated rings. The molecule has 1 aliphatic rings. The van der Waals surface area contributed by atoms with Crippen LogP contribution in [0.1, 0.15) is 36.8 Å². The van der Waals surface area contributed by atoms with Crippen LogP contribution in [-0.2, 0) is 11.2 Å². The van der Waals surface area contributed by atoms with Gasteiger partial charge in [0.15, 0.2) is 5.96 Å². The number of aryl methyl sites for hydroxylation is 1. The van der Waals surface area contributed by atoms with Gasteiger partial charge in [-0.05, 0) is 37.8 Å². The van der Waals surface area contributed by atoms with Crippen molar-refractivity contribution in [3.8, 4) is 5.75 Å². The number of hydrogen-bond acceptors (Lipinski definition) is 3. The molecule has 1 aromatic rings. The number of amides is 1. The molecule has 7 heteroatoms. The maximum absolute atomic E-state index is 12.7.